The second-order valence-electron chi connectivity index (χ2n) is 10.8. The Balaban J connectivity index is 1.85. The number of sulfonamides is 1. The SMILES string of the molecule is CCNC(=O)[C@H](Cc1ccccc1)N(Cc1c(Cl)cccc1Cl)C(=O)CN(c1ccc(OCC)cc1)S(=O)(=O)c1ccc(OC)c(OC)c1. The Labute approximate surface area is 297 Å². The molecule has 0 aromatic heterocycles. The Morgan fingerprint density at radius 2 is 1.49 bits per heavy atom. The van der Waals surface area contributed by atoms with E-state index in [-0.39, 0.29) is 29.3 Å². The maximum Gasteiger partial charge on any atom is 0.264 e. The molecule has 1 atom stereocenters. The Hall–Kier alpha value is -4.45. The van der Waals surface area contributed by atoms with Crippen molar-refractivity contribution in [1.82, 2.24) is 10.2 Å². The maximum absolute atomic E-state index is 14.6. The topological polar surface area (TPSA) is 114 Å². The first-order valence-corrected chi connectivity index (χ1v) is 17.7. The van der Waals surface area contributed by atoms with Crippen LogP contribution in [0, 0.1) is 0 Å². The number of rotatable bonds is 16. The van der Waals surface area contributed by atoms with Gasteiger partial charge in [0.1, 0.15) is 18.3 Å². The number of methoxy groups -OCH3 is 2. The van der Waals surface area contributed by atoms with Crippen LogP contribution in [-0.4, -0.2) is 65.1 Å². The van der Waals surface area contributed by atoms with Gasteiger partial charge in [0.2, 0.25) is 11.8 Å². The van der Waals surface area contributed by atoms with Crippen LogP contribution in [-0.2, 0) is 32.6 Å². The summed E-state index contributed by atoms with van der Waals surface area (Å²) < 4.78 is 46.1. The second-order valence-corrected chi connectivity index (χ2v) is 13.5. The minimum atomic E-state index is -4.41. The summed E-state index contributed by atoms with van der Waals surface area (Å²) in [7, 11) is -1.57. The van der Waals surface area contributed by atoms with Crippen LogP contribution in [0.4, 0.5) is 5.69 Å². The van der Waals surface area contributed by atoms with Crippen LogP contribution >= 0.6 is 23.2 Å². The highest BCUT2D eigenvalue weighted by atomic mass is 35.5. The molecule has 0 aliphatic rings. The van der Waals surface area contributed by atoms with Crippen molar-refractivity contribution in [2.24, 2.45) is 0 Å². The van der Waals surface area contributed by atoms with Crippen molar-refractivity contribution in [3.05, 3.63) is 112 Å². The number of benzene rings is 4. The lowest BCUT2D eigenvalue weighted by Gasteiger charge is -2.34. The molecule has 0 unspecified atom stereocenters. The lowest BCUT2D eigenvalue weighted by Crippen LogP contribution is -2.53. The van der Waals surface area contributed by atoms with E-state index >= 15 is 0 Å². The number of nitrogens with zero attached hydrogens (tertiary/aromatic N) is 2. The van der Waals surface area contributed by atoms with Crippen LogP contribution in [0.2, 0.25) is 10.0 Å². The molecule has 4 aromatic carbocycles. The predicted octanol–water partition coefficient (Wildman–Crippen LogP) is 6.38. The van der Waals surface area contributed by atoms with E-state index in [1.165, 1.54) is 37.3 Å². The Morgan fingerprint density at radius 1 is 0.837 bits per heavy atom. The van der Waals surface area contributed by atoms with E-state index in [1.807, 2.05) is 37.3 Å². The van der Waals surface area contributed by atoms with Crippen molar-refractivity contribution in [1.29, 1.82) is 0 Å². The van der Waals surface area contributed by atoms with E-state index in [0.29, 0.717) is 40.3 Å². The van der Waals surface area contributed by atoms with Gasteiger partial charge in [0.25, 0.3) is 10.0 Å². The number of halogens is 2. The van der Waals surface area contributed by atoms with Crippen molar-refractivity contribution in [3.8, 4) is 17.2 Å². The monoisotopic (exact) mass is 727 g/mol. The predicted molar refractivity (Wildman–Crippen MR) is 191 cm³/mol. The number of hydrogen-bond donors (Lipinski definition) is 1. The lowest BCUT2D eigenvalue weighted by molar-refractivity contribution is -0.140. The van der Waals surface area contributed by atoms with Crippen LogP contribution in [0.15, 0.2) is 95.9 Å². The Morgan fingerprint density at radius 3 is 2.08 bits per heavy atom. The van der Waals surface area contributed by atoms with Gasteiger partial charge in [-0.15, -0.1) is 0 Å². The average Bonchev–Trinajstić information content (AvgIpc) is 3.10. The van der Waals surface area contributed by atoms with Gasteiger partial charge in [-0.25, -0.2) is 8.42 Å². The summed E-state index contributed by atoms with van der Waals surface area (Å²) in [4.78, 5) is 29.6. The molecule has 10 nitrogen and oxygen atoms in total. The molecule has 2 amide bonds. The summed E-state index contributed by atoms with van der Waals surface area (Å²) in [6.45, 7) is 3.49. The van der Waals surface area contributed by atoms with E-state index in [0.717, 1.165) is 9.87 Å². The minimum absolute atomic E-state index is 0.142. The average molecular weight is 729 g/mol. The number of amides is 2. The molecular weight excluding hydrogens is 689 g/mol. The normalized spacial score (nSPS) is 11.7. The van der Waals surface area contributed by atoms with Crippen LogP contribution in [0.5, 0.6) is 17.2 Å². The zero-order valence-corrected chi connectivity index (χ0v) is 30.0. The van der Waals surface area contributed by atoms with Gasteiger partial charge in [-0.1, -0.05) is 59.6 Å². The fourth-order valence-corrected chi connectivity index (χ4v) is 7.16. The van der Waals surface area contributed by atoms with E-state index in [2.05, 4.69) is 5.32 Å². The highest BCUT2D eigenvalue weighted by Gasteiger charge is 2.35. The second kappa shape index (κ2) is 17.3. The van der Waals surface area contributed by atoms with E-state index in [9.17, 15) is 18.0 Å². The molecule has 0 fully saturated rings. The molecule has 0 radical (unpaired) electrons. The zero-order valence-electron chi connectivity index (χ0n) is 27.7. The van der Waals surface area contributed by atoms with Gasteiger partial charge >= 0.3 is 0 Å². The van der Waals surface area contributed by atoms with Crippen molar-refractivity contribution < 1.29 is 32.2 Å². The number of carbonyl (C=O) groups is 2. The highest BCUT2D eigenvalue weighted by Crippen LogP contribution is 2.33. The molecule has 0 saturated carbocycles. The first kappa shape index (κ1) is 37.4. The molecule has 1 N–H and O–H groups in total. The minimum Gasteiger partial charge on any atom is -0.494 e. The van der Waals surface area contributed by atoms with Gasteiger partial charge in [-0.3, -0.25) is 13.9 Å². The highest BCUT2D eigenvalue weighted by molar-refractivity contribution is 7.92. The standard InChI is InChI=1S/C36H39Cl2N3O7S/c1-5-39-36(43)32(21-25-11-8-7-9-12-25)40(23-29-30(37)13-10-14-31(29)38)35(42)24-41(26-15-17-27(18-16-26)48-6-2)49(44,45)28-19-20-33(46-3)34(22-28)47-4/h7-20,22,32H,5-6,21,23-24H2,1-4H3,(H,39,43)/t32-/m0/s1. The molecule has 4 rings (SSSR count). The molecule has 0 spiro atoms. The molecule has 0 bridgehead atoms. The molecule has 49 heavy (non-hydrogen) atoms. The number of carbonyl (C=O) groups excluding carboxylic acids is 2. The third-order valence-corrected chi connectivity index (χ3v) is 10.1. The summed E-state index contributed by atoms with van der Waals surface area (Å²) in [5.41, 5.74) is 1.40. The van der Waals surface area contributed by atoms with E-state index in [1.54, 1.807) is 49.4 Å². The fraction of sp³-hybridized carbons (Fsp3) is 0.278. The first-order valence-electron chi connectivity index (χ1n) is 15.6. The third kappa shape index (κ3) is 9.17. The first-order chi connectivity index (χ1) is 23.5. The summed E-state index contributed by atoms with van der Waals surface area (Å²) in [6.07, 6.45) is 0.145. The molecule has 0 heterocycles. The van der Waals surface area contributed by atoms with Crippen molar-refractivity contribution in [2.45, 2.75) is 37.8 Å². The number of ether oxygens (including phenoxy) is 3. The molecule has 4 aromatic rings. The van der Waals surface area contributed by atoms with Gasteiger partial charge in [0, 0.05) is 41.2 Å². The summed E-state index contributed by atoms with van der Waals surface area (Å²) in [5, 5.41) is 3.41. The summed E-state index contributed by atoms with van der Waals surface area (Å²) in [5.74, 6) is -0.0381. The van der Waals surface area contributed by atoms with Crippen LogP contribution in [0.25, 0.3) is 0 Å². The van der Waals surface area contributed by atoms with Gasteiger partial charge in [0.05, 0.1) is 31.4 Å². The number of likely N-dealkylation sites (N-methyl/N-ethyl adjacent to an activating group) is 1. The van der Waals surface area contributed by atoms with Crippen LogP contribution < -0.4 is 23.8 Å². The number of anilines is 1. The quantitative estimate of drug-likeness (QED) is 0.143. The smallest absolute Gasteiger partial charge is 0.264 e. The van der Waals surface area contributed by atoms with Crippen molar-refractivity contribution in [3.63, 3.8) is 0 Å². The largest absolute Gasteiger partial charge is 0.494 e. The lowest BCUT2D eigenvalue weighted by atomic mass is 10.0. The van der Waals surface area contributed by atoms with E-state index < -0.39 is 34.4 Å². The molecule has 0 aliphatic heterocycles. The molecular formula is C36H39Cl2N3O7S. The van der Waals surface area contributed by atoms with Gasteiger partial charge in [-0.05, 0) is 67.9 Å². The number of hydrogen-bond acceptors (Lipinski definition) is 7. The Bertz CT molecular complexity index is 1820. The molecule has 260 valence electrons. The zero-order chi connectivity index (χ0) is 35.6. The molecule has 0 aliphatic carbocycles. The molecule has 13 heteroatoms. The van der Waals surface area contributed by atoms with E-state index in [4.69, 9.17) is 37.4 Å². The van der Waals surface area contributed by atoms with Crippen LogP contribution in [0.1, 0.15) is 25.0 Å². The van der Waals surface area contributed by atoms with Gasteiger partial charge in [-0.2, -0.15) is 0 Å². The summed E-state index contributed by atoms with van der Waals surface area (Å²) >= 11 is 13.1. The number of nitrogens with one attached hydrogen (secondary N) is 1. The van der Waals surface area contributed by atoms with Crippen molar-refractivity contribution in [2.75, 3.05) is 38.2 Å². The van der Waals surface area contributed by atoms with Gasteiger partial charge < -0.3 is 24.4 Å². The van der Waals surface area contributed by atoms with Crippen molar-refractivity contribution >= 4 is 50.7 Å². The van der Waals surface area contributed by atoms with Gasteiger partial charge in [0.15, 0.2) is 11.5 Å². The Kier molecular flexibility index (Phi) is 13.2. The third-order valence-electron chi connectivity index (χ3n) is 7.67. The van der Waals surface area contributed by atoms with Crippen LogP contribution in [0.3, 0.4) is 0 Å². The fourth-order valence-electron chi connectivity index (χ4n) is 5.21. The summed E-state index contributed by atoms with van der Waals surface area (Å²) in [6, 6.07) is 23.6. The molecule has 0 saturated heterocycles. The maximum atomic E-state index is 14.6.